The van der Waals surface area contributed by atoms with Crippen molar-refractivity contribution in [2.24, 2.45) is 4.99 Å². The molecule has 1 fully saturated rings. The third kappa shape index (κ3) is 3.10. The molecule has 0 aromatic heterocycles. The van der Waals surface area contributed by atoms with Crippen molar-refractivity contribution >= 4 is 17.5 Å². The summed E-state index contributed by atoms with van der Waals surface area (Å²) >= 11 is 0. The lowest BCUT2D eigenvalue weighted by Crippen LogP contribution is -2.31. The van der Waals surface area contributed by atoms with E-state index in [1.807, 2.05) is 19.1 Å². The average molecular weight is 327 g/mol. The zero-order chi connectivity index (χ0) is 17.3. The smallest absolute Gasteiger partial charge is 0.273 e. The molecule has 1 saturated heterocycles. The monoisotopic (exact) mass is 327 g/mol. The molecule has 3 heterocycles. The number of nitrogens with one attached hydrogen (secondary N) is 1. The molecule has 2 amide bonds. The maximum Gasteiger partial charge on any atom is 0.273 e. The molecule has 3 aliphatic rings. The molecule has 0 radical (unpaired) electrons. The largest absolute Gasteiger partial charge is 0.391 e. The summed E-state index contributed by atoms with van der Waals surface area (Å²) in [5.41, 5.74) is 3.56. The molecule has 6 heteroatoms. The highest BCUT2D eigenvalue weighted by Crippen LogP contribution is 2.22. The van der Waals surface area contributed by atoms with E-state index in [0.29, 0.717) is 42.8 Å². The van der Waals surface area contributed by atoms with Gasteiger partial charge in [0.05, 0.1) is 17.4 Å². The third-order valence-electron chi connectivity index (χ3n) is 4.43. The Kier molecular flexibility index (Phi) is 4.49. The van der Waals surface area contributed by atoms with Gasteiger partial charge in [-0.1, -0.05) is 6.92 Å². The van der Waals surface area contributed by atoms with E-state index < -0.39 is 6.10 Å². The standard InChI is InChI=1S/C18H21N3O3/c1-3-12-8-15(11(2)20-17(12)23)16-5-4-13(9-19-16)18(24)21-7-6-14(22)10-21/h4-5,8-9,14,19,22H,3,6-7,10H2,1-2H3. The van der Waals surface area contributed by atoms with Crippen LogP contribution < -0.4 is 5.32 Å². The summed E-state index contributed by atoms with van der Waals surface area (Å²) in [5, 5.41) is 12.7. The van der Waals surface area contributed by atoms with Crippen molar-refractivity contribution < 1.29 is 14.7 Å². The Morgan fingerprint density at radius 1 is 1.46 bits per heavy atom. The van der Waals surface area contributed by atoms with Gasteiger partial charge in [-0.3, -0.25) is 9.59 Å². The first-order chi connectivity index (χ1) is 11.5. The maximum atomic E-state index is 12.4. The molecule has 126 valence electrons. The van der Waals surface area contributed by atoms with Gasteiger partial charge in [0.25, 0.3) is 11.8 Å². The first kappa shape index (κ1) is 16.4. The van der Waals surface area contributed by atoms with Crippen molar-refractivity contribution in [2.75, 3.05) is 13.1 Å². The molecule has 2 N–H and O–H groups in total. The SMILES string of the molecule is CCC1=CC(=C2C=CC(C(=O)N3CCC(O)C3)=CN2)C(C)=NC1=O. The van der Waals surface area contributed by atoms with Gasteiger partial charge in [-0.25, -0.2) is 4.99 Å². The summed E-state index contributed by atoms with van der Waals surface area (Å²) in [5.74, 6) is -0.272. The number of dihydropyridines is 2. The van der Waals surface area contributed by atoms with Crippen LogP contribution in [-0.4, -0.2) is 46.7 Å². The molecular weight excluding hydrogens is 306 g/mol. The topological polar surface area (TPSA) is 82.0 Å². The van der Waals surface area contributed by atoms with Crippen LogP contribution in [0.5, 0.6) is 0 Å². The van der Waals surface area contributed by atoms with Gasteiger partial charge in [-0.05, 0) is 38.0 Å². The second-order valence-electron chi connectivity index (χ2n) is 6.12. The van der Waals surface area contributed by atoms with Gasteiger partial charge in [0.1, 0.15) is 0 Å². The quantitative estimate of drug-likeness (QED) is 0.799. The number of carbonyl (C=O) groups is 2. The fraction of sp³-hybridized carbons (Fsp3) is 0.389. The third-order valence-corrected chi connectivity index (χ3v) is 4.43. The van der Waals surface area contributed by atoms with Crippen molar-refractivity contribution in [1.82, 2.24) is 10.2 Å². The van der Waals surface area contributed by atoms with E-state index in [2.05, 4.69) is 10.3 Å². The molecule has 3 rings (SSSR count). The number of β-amino-alcohol motifs (C(OH)–C–C–N with tert-alkyl or cyclic N) is 1. The molecule has 0 spiro atoms. The lowest BCUT2D eigenvalue weighted by Gasteiger charge is -2.20. The molecule has 3 aliphatic heterocycles. The number of hydrogen-bond acceptors (Lipinski definition) is 4. The summed E-state index contributed by atoms with van der Waals surface area (Å²) in [7, 11) is 0. The van der Waals surface area contributed by atoms with Gasteiger partial charge in [0.15, 0.2) is 0 Å². The second kappa shape index (κ2) is 6.57. The minimum atomic E-state index is -0.427. The Labute approximate surface area is 140 Å². The summed E-state index contributed by atoms with van der Waals surface area (Å²) in [6.45, 7) is 4.69. The number of hydrogen-bond donors (Lipinski definition) is 2. The lowest BCUT2D eigenvalue weighted by atomic mass is 9.98. The Bertz CT molecular complexity index is 741. The van der Waals surface area contributed by atoms with Crippen LogP contribution in [0.4, 0.5) is 0 Å². The number of aliphatic hydroxyl groups excluding tert-OH is 1. The van der Waals surface area contributed by atoms with Crippen LogP contribution in [0.3, 0.4) is 0 Å². The van der Waals surface area contributed by atoms with Crippen molar-refractivity contribution in [2.45, 2.75) is 32.8 Å². The molecule has 1 atom stereocenters. The lowest BCUT2D eigenvalue weighted by molar-refractivity contribution is -0.126. The van der Waals surface area contributed by atoms with Gasteiger partial charge in [-0.15, -0.1) is 0 Å². The molecule has 1 unspecified atom stereocenters. The first-order valence-electron chi connectivity index (χ1n) is 8.16. The van der Waals surface area contributed by atoms with Crippen molar-refractivity contribution in [1.29, 1.82) is 0 Å². The number of aliphatic imine (C=N–C) groups is 1. The summed E-state index contributed by atoms with van der Waals surface area (Å²) in [6, 6.07) is 0. The average Bonchev–Trinajstić information content (AvgIpc) is 3.01. The Morgan fingerprint density at radius 3 is 2.83 bits per heavy atom. The predicted molar refractivity (Wildman–Crippen MR) is 91.1 cm³/mol. The van der Waals surface area contributed by atoms with E-state index in [0.717, 1.165) is 11.3 Å². The zero-order valence-electron chi connectivity index (χ0n) is 13.9. The minimum absolute atomic E-state index is 0.0895. The number of likely N-dealkylation sites (tertiary alicyclic amines) is 1. The number of amides is 2. The van der Waals surface area contributed by atoms with Gasteiger partial charge >= 0.3 is 0 Å². The van der Waals surface area contributed by atoms with Crippen LogP contribution in [0.1, 0.15) is 26.7 Å². The Hall–Kier alpha value is -2.47. The van der Waals surface area contributed by atoms with E-state index in [1.165, 1.54) is 0 Å². The van der Waals surface area contributed by atoms with Gasteiger partial charge in [0, 0.05) is 36.1 Å². The molecule has 0 saturated carbocycles. The van der Waals surface area contributed by atoms with E-state index in [1.54, 1.807) is 24.1 Å². The molecule has 0 aromatic rings. The predicted octanol–water partition coefficient (Wildman–Crippen LogP) is 1.21. The molecule has 0 bridgehead atoms. The van der Waals surface area contributed by atoms with Crippen LogP contribution in [-0.2, 0) is 9.59 Å². The second-order valence-corrected chi connectivity index (χ2v) is 6.12. The highest BCUT2D eigenvalue weighted by atomic mass is 16.3. The number of allylic oxidation sites excluding steroid dienone is 3. The first-order valence-corrected chi connectivity index (χ1v) is 8.16. The molecule has 0 aliphatic carbocycles. The number of aliphatic hydroxyl groups is 1. The summed E-state index contributed by atoms with van der Waals surface area (Å²) in [4.78, 5) is 29.9. The van der Waals surface area contributed by atoms with Crippen LogP contribution >= 0.6 is 0 Å². The molecule has 0 aromatic carbocycles. The van der Waals surface area contributed by atoms with Gasteiger partial charge in [0.2, 0.25) is 0 Å². The van der Waals surface area contributed by atoms with Crippen LogP contribution in [0.2, 0.25) is 0 Å². The number of nitrogens with zero attached hydrogens (tertiary/aromatic N) is 2. The summed E-state index contributed by atoms with van der Waals surface area (Å²) in [6.07, 6.45) is 7.94. The number of carbonyl (C=O) groups excluding carboxylic acids is 2. The van der Waals surface area contributed by atoms with E-state index >= 15 is 0 Å². The van der Waals surface area contributed by atoms with E-state index in [-0.39, 0.29) is 11.8 Å². The number of rotatable bonds is 2. The van der Waals surface area contributed by atoms with Crippen molar-refractivity contribution in [3.05, 3.63) is 46.8 Å². The summed E-state index contributed by atoms with van der Waals surface area (Å²) < 4.78 is 0. The minimum Gasteiger partial charge on any atom is -0.391 e. The highest BCUT2D eigenvalue weighted by molar-refractivity contribution is 6.15. The van der Waals surface area contributed by atoms with Crippen LogP contribution in [0.25, 0.3) is 0 Å². The molecular formula is C18H21N3O3. The van der Waals surface area contributed by atoms with Crippen molar-refractivity contribution in [3.63, 3.8) is 0 Å². The Balaban J connectivity index is 1.79. The van der Waals surface area contributed by atoms with Gasteiger partial charge < -0.3 is 15.3 Å². The van der Waals surface area contributed by atoms with E-state index in [4.69, 9.17) is 0 Å². The fourth-order valence-electron chi connectivity index (χ4n) is 2.98. The zero-order valence-corrected chi connectivity index (χ0v) is 13.9. The maximum absolute atomic E-state index is 12.4. The molecule has 6 nitrogen and oxygen atoms in total. The van der Waals surface area contributed by atoms with E-state index in [9.17, 15) is 14.7 Å². The normalized spacial score (nSPS) is 26.8. The van der Waals surface area contributed by atoms with Crippen LogP contribution in [0, 0.1) is 0 Å². The van der Waals surface area contributed by atoms with Crippen molar-refractivity contribution in [3.8, 4) is 0 Å². The molecule has 24 heavy (non-hydrogen) atoms. The highest BCUT2D eigenvalue weighted by Gasteiger charge is 2.27. The van der Waals surface area contributed by atoms with Gasteiger partial charge in [-0.2, -0.15) is 0 Å². The Morgan fingerprint density at radius 2 is 2.25 bits per heavy atom. The fourth-order valence-corrected chi connectivity index (χ4v) is 2.98. The van der Waals surface area contributed by atoms with Crippen LogP contribution in [0.15, 0.2) is 51.8 Å².